The van der Waals surface area contributed by atoms with Crippen LogP contribution in [-0.4, -0.2) is 53.8 Å². The quantitative estimate of drug-likeness (QED) is 0.802. The smallest absolute Gasteiger partial charge is 0.251 e. The summed E-state index contributed by atoms with van der Waals surface area (Å²) in [6, 6.07) is 7.73. The van der Waals surface area contributed by atoms with Gasteiger partial charge in [-0.3, -0.25) is 15.0 Å². The number of rotatable bonds is 6. The lowest BCUT2D eigenvalue weighted by Crippen LogP contribution is -2.36. The van der Waals surface area contributed by atoms with E-state index in [2.05, 4.69) is 15.2 Å². The lowest BCUT2D eigenvalue weighted by Gasteiger charge is -2.26. The van der Waals surface area contributed by atoms with Gasteiger partial charge in [-0.25, -0.2) is 4.98 Å². The SMILES string of the molecule is O=C(CO)Nc1nc(CN2CCOCC2)c(Cc2cccc(Cl)c2)s1. The number of aromatic nitrogens is 1. The van der Waals surface area contributed by atoms with Gasteiger partial charge in [-0.05, 0) is 17.7 Å². The van der Waals surface area contributed by atoms with Crippen molar-refractivity contribution in [2.75, 3.05) is 38.2 Å². The molecule has 0 bridgehead atoms. The summed E-state index contributed by atoms with van der Waals surface area (Å²) >= 11 is 7.52. The number of morpholine rings is 1. The van der Waals surface area contributed by atoms with Crippen LogP contribution in [0.1, 0.15) is 16.1 Å². The van der Waals surface area contributed by atoms with E-state index in [0.29, 0.717) is 23.1 Å². The van der Waals surface area contributed by atoms with E-state index in [1.54, 1.807) is 0 Å². The molecule has 0 radical (unpaired) electrons. The molecular weight excluding hydrogens is 362 g/mol. The number of carbonyl (C=O) groups excluding carboxylic acids is 1. The standard InChI is InChI=1S/C17H20ClN3O3S/c18-13-3-1-2-12(8-13)9-15-14(10-21-4-6-24-7-5-21)19-17(25-15)20-16(23)11-22/h1-3,8,22H,4-7,9-11H2,(H,19,20,23). The molecule has 1 amide bonds. The van der Waals surface area contributed by atoms with E-state index in [4.69, 9.17) is 21.4 Å². The number of carbonyl (C=O) groups is 1. The molecule has 2 aromatic rings. The van der Waals surface area contributed by atoms with E-state index in [1.807, 2.05) is 24.3 Å². The molecule has 6 nitrogen and oxygen atoms in total. The van der Waals surface area contributed by atoms with Crippen LogP contribution in [-0.2, 0) is 22.5 Å². The van der Waals surface area contributed by atoms with Gasteiger partial charge >= 0.3 is 0 Å². The monoisotopic (exact) mass is 381 g/mol. The minimum Gasteiger partial charge on any atom is -0.387 e. The van der Waals surface area contributed by atoms with E-state index in [0.717, 1.165) is 42.4 Å². The Morgan fingerprint density at radius 1 is 1.40 bits per heavy atom. The number of hydrogen-bond donors (Lipinski definition) is 2. The zero-order valence-corrected chi connectivity index (χ0v) is 15.3. The van der Waals surface area contributed by atoms with Crippen molar-refractivity contribution in [2.24, 2.45) is 0 Å². The minimum absolute atomic E-state index is 0.457. The van der Waals surface area contributed by atoms with Gasteiger partial charge in [0, 0.05) is 36.0 Å². The summed E-state index contributed by atoms with van der Waals surface area (Å²) in [5.41, 5.74) is 2.04. The second-order valence-electron chi connectivity index (χ2n) is 5.79. The average molecular weight is 382 g/mol. The largest absolute Gasteiger partial charge is 0.387 e. The molecule has 0 spiro atoms. The van der Waals surface area contributed by atoms with Gasteiger partial charge in [-0.15, -0.1) is 11.3 Å². The Balaban J connectivity index is 1.80. The second kappa shape index (κ2) is 8.73. The van der Waals surface area contributed by atoms with Crippen molar-refractivity contribution >= 4 is 34.0 Å². The Morgan fingerprint density at radius 3 is 2.92 bits per heavy atom. The van der Waals surface area contributed by atoms with E-state index in [-0.39, 0.29) is 0 Å². The number of thiazole rings is 1. The molecule has 2 heterocycles. The molecule has 3 rings (SSSR count). The Hall–Kier alpha value is -1.51. The Labute approximate surface area is 155 Å². The van der Waals surface area contributed by atoms with Gasteiger partial charge < -0.3 is 9.84 Å². The third-order valence-electron chi connectivity index (χ3n) is 3.90. The number of nitrogens with zero attached hydrogens (tertiary/aromatic N) is 2. The summed E-state index contributed by atoms with van der Waals surface area (Å²) in [5, 5.41) is 12.8. The predicted octanol–water partition coefficient (Wildman–Crippen LogP) is 2.15. The number of hydrogen-bond acceptors (Lipinski definition) is 6. The first-order valence-electron chi connectivity index (χ1n) is 8.08. The fourth-order valence-electron chi connectivity index (χ4n) is 2.66. The fourth-order valence-corrected chi connectivity index (χ4v) is 3.89. The zero-order valence-electron chi connectivity index (χ0n) is 13.7. The number of anilines is 1. The molecule has 0 aliphatic carbocycles. The van der Waals surface area contributed by atoms with Crippen molar-refractivity contribution in [3.05, 3.63) is 45.4 Å². The number of amides is 1. The maximum absolute atomic E-state index is 11.5. The van der Waals surface area contributed by atoms with Crippen LogP contribution in [0.5, 0.6) is 0 Å². The lowest BCUT2D eigenvalue weighted by molar-refractivity contribution is -0.118. The molecule has 1 fully saturated rings. The van der Waals surface area contributed by atoms with E-state index < -0.39 is 12.5 Å². The molecule has 1 saturated heterocycles. The minimum atomic E-state index is -0.554. The Morgan fingerprint density at radius 2 is 2.20 bits per heavy atom. The van der Waals surface area contributed by atoms with E-state index in [1.165, 1.54) is 11.3 Å². The molecule has 0 unspecified atom stereocenters. The number of halogens is 1. The van der Waals surface area contributed by atoms with Crippen molar-refractivity contribution in [1.82, 2.24) is 9.88 Å². The van der Waals surface area contributed by atoms with Gasteiger partial charge in [0.05, 0.1) is 18.9 Å². The average Bonchev–Trinajstić information content (AvgIpc) is 2.96. The van der Waals surface area contributed by atoms with Gasteiger partial charge in [0.2, 0.25) is 0 Å². The van der Waals surface area contributed by atoms with Gasteiger partial charge in [-0.2, -0.15) is 0 Å². The first-order chi connectivity index (χ1) is 12.1. The summed E-state index contributed by atoms with van der Waals surface area (Å²) < 4.78 is 5.39. The zero-order chi connectivity index (χ0) is 17.6. The molecule has 2 N–H and O–H groups in total. The molecule has 0 atom stereocenters. The van der Waals surface area contributed by atoms with Gasteiger partial charge in [0.15, 0.2) is 5.13 Å². The van der Waals surface area contributed by atoms with Crippen molar-refractivity contribution in [2.45, 2.75) is 13.0 Å². The van der Waals surface area contributed by atoms with Gasteiger partial charge in [-0.1, -0.05) is 23.7 Å². The third-order valence-corrected chi connectivity index (χ3v) is 5.15. The molecular formula is C17H20ClN3O3S. The molecule has 0 saturated carbocycles. The fraction of sp³-hybridized carbons (Fsp3) is 0.412. The third kappa shape index (κ3) is 5.23. The van der Waals surface area contributed by atoms with Crippen LogP contribution >= 0.6 is 22.9 Å². The summed E-state index contributed by atoms with van der Waals surface area (Å²) in [4.78, 5) is 19.4. The molecule has 1 aliphatic heterocycles. The highest BCUT2D eigenvalue weighted by Gasteiger charge is 2.18. The van der Waals surface area contributed by atoms with Crippen LogP contribution in [0.25, 0.3) is 0 Å². The number of benzene rings is 1. The Bertz CT molecular complexity index is 732. The number of aliphatic hydroxyl groups excluding tert-OH is 1. The first kappa shape index (κ1) is 18.3. The molecule has 25 heavy (non-hydrogen) atoms. The second-order valence-corrected chi connectivity index (χ2v) is 7.31. The summed E-state index contributed by atoms with van der Waals surface area (Å²) in [7, 11) is 0. The molecule has 1 aromatic heterocycles. The summed E-state index contributed by atoms with van der Waals surface area (Å²) in [6.07, 6.45) is 0.701. The van der Waals surface area contributed by atoms with Crippen molar-refractivity contribution in [3.63, 3.8) is 0 Å². The van der Waals surface area contributed by atoms with E-state index >= 15 is 0 Å². The van der Waals surface area contributed by atoms with Crippen LogP contribution in [0, 0.1) is 0 Å². The molecule has 1 aliphatic rings. The van der Waals surface area contributed by atoms with Crippen molar-refractivity contribution in [1.29, 1.82) is 0 Å². The predicted molar refractivity (Wildman–Crippen MR) is 98.2 cm³/mol. The van der Waals surface area contributed by atoms with Crippen LogP contribution in [0.15, 0.2) is 24.3 Å². The topological polar surface area (TPSA) is 74.7 Å². The van der Waals surface area contributed by atoms with Crippen LogP contribution < -0.4 is 5.32 Å². The number of aliphatic hydroxyl groups is 1. The number of nitrogens with one attached hydrogen (secondary N) is 1. The Kier molecular flexibility index (Phi) is 6.39. The van der Waals surface area contributed by atoms with Crippen molar-refractivity contribution in [3.8, 4) is 0 Å². The van der Waals surface area contributed by atoms with Crippen LogP contribution in [0.4, 0.5) is 5.13 Å². The van der Waals surface area contributed by atoms with Gasteiger partial charge in [0.25, 0.3) is 5.91 Å². The highest BCUT2D eigenvalue weighted by atomic mass is 35.5. The van der Waals surface area contributed by atoms with Crippen LogP contribution in [0.2, 0.25) is 5.02 Å². The maximum atomic E-state index is 11.5. The highest BCUT2D eigenvalue weighted by molar-refractivity contribution is 7.15. The maximum Gasteiger partial charge on any atom is 0.251 e. The highest BCUT2D eigenvalue weighted by Crippen LogP contribution is 2.27. The van der Waals surface area contributed by atoms with E-state index in [9.17, 15) is 4.79 Å². The molecule has 1 aromatic carbocycles. The summed E-state index contributed by atoms with van der Waals surface area (Å²) in [6.45, 7) is 3.34. The van der Waals surface area contributed by atoms with Gasteiger partial charge in [0.1, 0.15) is 6.61 Å². The van der Waals surface area contributed by atoms with Crippen LogP contribution in [0.3, 0.4) is 0 Å². The molecule has 8 heteroatoms. The number of ether oxygens (including phenoxy) is 1. The normalized spacial score (nSPS) is 15.3. The lowest BCUT2D eigenvalue weighted by atomic mass is 10.1. The summed E-state index contributed by atoms with van der Waals surface area (Å²) in [5.74, 6) is -0.457. The molecule has 134 valence electrons. The van der Waals surface area contributed by atoms with Crippen molar-refractivity contribution < 1.29 is 14.6 Å². The first-order valence-corrected chi connectivity index (χ1v) is 9.27.